The summed E-state index contributed by atoms with van der Waals surface area (Å²) in [6.45, 7) is 4.40. The van der Waals surface area contributed by atoms with Gasteiger partial charge in [-0.2, -0.15) is 4.98 Å². The monoisotopic (exact) mass is 419 g/mol. The largest absolute Gasteiger partial charge is 0.431 e. The van der Waals surface area contributed by atoms with Gasteiger partial charge >= 0.3 is 0 Å². The Kier molecular flexibility index (Phi) is 4.04. The number of nitrogens with zero attached hydrogens (tertiary/aromatic N) is 4. The number of piperazine rings is 1. The summed E-state index contributed by atoms with van der Waals surface area (Å²) in [4.78, 5) is 28.4. The van der Waals surface area contributed by atoms with Gasteiger partial charge in [-0.05, 0) is 36.2 Å². The number of benzene rings is 1. The van der Waals surface area contributed by atoms with Crippen molar-refractivity contribution in [3.05, 3.63) is 48.3 Å². The molecule has 1 aromatic carbocycles. The van der Waals surface area contributed by atoms with Crippen molar-refractivity contribution in [2.24, 2.45) is 0 Å². The smallest absolute Gasteiger partial charge is 0.281 e. The molecule has 2 fully saturated rings. The normalized spacial score (nSPS) is 21.2. The molecule has 152 valence electrons. The summed E-state index contributed by atoms with van der Waals surface area (Å²) in [6.07, 6.45) is 4.92. The van der Waals surface area contributed by atoms with E-state index in [1.54, 1.807) is 13.1 Å². The zero-order chi connectivity index (χ0) is 20.2. The number of aromatic nitrogens is 3. The van der Waals surface area contributed by atoms with E-state index in [-0.39, 0.29) is 5.91 Å². The number of rotatable bonds is 4. The molecule has 8 heteroatoms. The highest BCUT2D eigenvalue weighted by atomic mass is 32.1. The lowest BCUT2D eigenvalue weighted by Crippen LogP contribution is -2.47. The Labute approximate surface area is 177 Å². The van der Waals surface area contributed by atoms with Crippen molar-refractivity contribution < 1.29 is 9.53 Å². The Balaban J connectivity index is 1.20. The summed E-state index contributed by atoms with van der Waals surface area (Å²) in [6, 6.07) is 10.9. The lowest BCUT2D eigenvalue weighted by atomic mass is 10.1. The molecule has 0 unspecified atom stereocenters. The molecule has 3 aromatic heterocycles. The SMILES string of the molecule is CC(=O)N1C[C@@H]2C[C@@H]1CN2Cc1c[nH]c2cc(Oc3nc4ncccc4s3)ccc12. The van der Waals surface area contributed by atoms with Crippen LogP contribution in [-0.4, -0.2) is 55.8 Å². The zero-order valence-electron chi connectivity index (χ0n) is 16.5. The molecule has 0 saturated carbocycles. The standard InChI is InChI=1S/C22H21N5O2S/c1-13(28)27-12-15-7-16(27)11-26(15)10-14-9-24-19-8-17(4-5-18(14)19)29-22-25-21-20(30-22)3-2-6-23-21/h2-6,8-9,15-16,24H,7,10-12H2,1H3/t15-,16+/m0/s1. The van der Waals surface area contributed by atoms with Crippen molar-refractivity contribution in [3.63, 3.8) is 0 Å². The van der Waals surface area contributed by atoms with Crippen LogP contribution < -0.4 is 4.74 Å². The van der Waals surface area contributed by atoms with E-state index < -0.39 is 0 Å². The molecule has 7 nitrogen and oxygen atoms in total. The summed E-state index contributed by atoms with van der Waals surface area (Å²) in [5, 5.41) is 1.80. The van der Waals surface area contributed by atoms with Gasteiger partial charge in [0.15, 0.2) is 5.65 Å². The first-order valence-electron chi connectivity index (χ1n) is 10.1. The van der Waals surface area contributed by atoms with E-state index in [0.29, 0.717) is 22.9 Å². The Morgan fingerprint density at radius 2 is 2.23 bits per heavy atom. The highest BCUT2D eigenvalue weighted by Gasteiger charge is 2.44. The number of aromatic amines is 1. The van der Waals surface area contributed by atoms with Gasteiger partial charge in [0.1, 0.15) is 5.75 Å². The molecule has 1 N–H and O–H groups in total. The van der Waals surface area contributed by atoms with Crippen LogP contribution in [0.3, 0.4) is 0 Å². The number of fused-ring (bicyclic) bond motifs is 4. The molecule has 2 aliphatic rings. The van der Waals surface area contributed by atoms with Gasteiger partial charge in [-0.15, -0.1) is 0 Å². The number of H-pyrrole nitrogens is 1. The molecule has 2 atom stereocenters. The highest BCUT2D eigenvalue weighted by Crippen LogP contribution is 2.35. The molecule has 2 saturated heterocycles. The van der Waals surface area contributed by atoms with Gasteiger partial charge in [0.25, 0.3) is 5.19 Å². The quantitative estimate of drug-likeness (QED) is 0.545. The van der Waals surface area contributed by atoms with Crippen LogP contribution in [0.4, 0.5) is 0 Å². The fourth-order valence-corrected chi connectivity index (χ4v) is 5.60. The van der Waals surface area contributed by atoms with Crippen molar-refractivity contribution >= 4 is 38.5 Å². The third kappa shape index (κ3) is 2.95. The molecule has 0 spiro atoms. The van der Waals surface area contributed by atoms with Crippen LogP contribution in [0.5, 0.6) is 10.9 Å². The van der Waals surface area contributed by atoms with Gasteiger partial charge < -0.3 is 14.6 Å². The van der Waals surface area contributed by atoms with Gasteiger partial charge in [-0.25, -0.2) is 4.98 Å². The number of hydrogen-bond donors (Lipinski definition) is 1. The predicted octanol–water partition coefficient (Wildman–Crippen LogP) is 3.77. The van der Waals surface area contributed by atoms with Crippen LogP contribution in [0.2, 0.25) is 0 Å². The number of likely N-dealkylation sites (tertiary alicyclic amines) is 2. The van der Waals surface area contributed by atoms with Crippen molar-refractivity contribution in [1.82, 2.24) is 24.8 Å². The van der Waals surface area contributed by atoms with Crippen LogP contribution in [0.1, 0.15) is 18.9 Å². The summed E-state index contributed by atoms with van der Waals surface area (Å²) in [7, 11) is 0. The minimum atomic E-state index is 0.200. The minimum Gasteiger partial charge on any atom is -0.431 e. The van der Waals surface area contributed by atoms with Crippen LogP contribution >= 0.6 is 11.3 Å². The molecule has 1 amide bonds. The summed E-state index contributed by atoms with van der Waals surface area (Å²) < 4.78 is 7.00. The maximum absolute atomic E-state index is 11.7. The van der Waals surface area contributed by atoms with E-state index in [1.165, 1.54) is 22.3 Å². The number of pyridine rings is 1. The number of nitrogens with one attached hydrogen (secondary N) is 1. The Morgan fingerprint density at radius 1 is 1.30 bits per heavy atom. The molecule has 6 rings (SSSR count). The molecular formula is C22H21N5O2S. The van der Waals surface area contributed by atoms with Crippen molar-refractivity contribution in [1.29, 1.82) is 0 Å². The molecule has 0 radical (unpaired) electrons. The fraction of sp³-hybridized carbons (Fsp3) is 0.318. The van der Waals surface area contributed by atoms with Crippen LogP contribution in [0, 0.1) is 0 Å². The maximum Gasteiger partial charge on any atom is 0.281 e. The Bertz CT molecular complexity index is 1230. The second-order valence-corrected chi connectivity index (χ2v) is 9.07. The van der Waals surface area contributed by atoms with E-state index in [9.17, 15) is 4.79 Å². The first kappa shape index (κ1) is 17.9. The van der Waals surface area contributed by atoms with Crippen LogP contribution in [0.25, 0.3) is 21.3 Å². The first-order chi connectivity index (χ1) is 14.6. The average molecular weight is 420 g/mol. The molecule has 30 heavy (non-hydrogen) atoms. The second-order valence-electron chi connectivity index (χ2n) is 8.07. The van der Waals surface area contributed by atoms with Gasteiger partial charge in [0.05, 0.1) is 4.70 Å². The van der Waals surface area contributed by atoms with Gasteiger partial charge in [0, 0.05) is 68.0 Å². The first-order valence-corrected chi connectivity index (χ1v) is 11.0. The number of carbonyl (C=O) groups excluding carboxylic acids is 1. The van der Waals surface area contributed by atoms with E-state index in [1.807, 2.05) is 29.2 Å². The summed E-state index contributed by atoms with van der Waals surface area (Å²) in [5.74, 6) is 0.956. The van der Waals surface area contributed by atoms with Crippen molar-refractivity contribution in [2.45, 2.75) is 32.0 Å². The lowest BCUT2D eigenvalue weighted by molar-refractivity contribution is -0.131. The van der Waals surface area contributed by atoms with E-state index >= 15 is 0 Å². The molecule has 2 aliphatic heterocycles. The van der Waals surface area contributed by atoms with Crippen molar-refractivity contribution in [2.75, 3.05) is 13.1 Å². The summed E-state index contributed by atoms with van der Waals surface area (Å²) in [5.41, 5.74) is 3.04. The van der Waals surface area contributed by atoms with Crippen LogP contribution in [0.15, 0.2) is 42.7 Å². The molecular weight excluding hydrogens is 398 g/mol. The average Bonchev–Trinajstić information content (AvgIpc) is 3.50. The minimum absolute atomic E-state index is 0.200. The summed E-state index contributed by atoms with van der Waals surface area (Å²) >= 11 is 1.49. The number of ether oxygens (including phenoxy) is 1. The number of hydrogen-bond acceptors (Lipinski definition) is 6. The third-order valence-corrected chi connectivity index (χ3v) is 7.11. The Morgan fingerprint density at radius 3 is 3.03 bits per heavy atom. The van der Waals surface area contributed by atoms with E-state index in [2.05, 4.69) is 32.1 Å². The molecule has 4 aromatic rings. The highest BCUT2D eigenvalue weighted by molar-refractivity contribution is 7.20. The molecule has 0 aliphatic carbocycles. The number of carbonyl (C=O) groups is 1. The Hall–Kier alpha value is -2.97. The molecule has 5 heterocycles. The fourth-order valence-electron chi connectivity index (χ4n) is 4.80. The van der Waals surface area contributed by atoms with Gasteiger partial charge in [-0.3, -0.25) is 9.69 Å². The maximum atomic E-state index is 11.7. The van der Waals surface area contributed by atoms with E-state index in [4.69, 9.17) is 4.74 Å². The predicted molar refractivity (Wildman–Crippen MR) is 116 cm³/mol. The van der Waals surface area contributed by atoms with Gasteiger partial charge in [0.2, 0.25) is 5.91 Å². The lowest BCUT2D eigenvalue weighted by Gasteiger charge is -2.33. The molecule has 2 bridgehead atoms. The van der Waals surface area contributed by atoms with Crippen molar-refractivity contribution in [3.8, 4) is 10.9 Å². The second kappa shape index (κ2) is 6.78. The third-order valence-electron chi connectivity index (χ3n) is 6.22. The van der Waals surface area contributed by atoms with E-state index in [0.717, 1.165) is 42.0 Å². The number of thiazole rings is 1. The van der Waals surface area contributed by atoms with Gasteiger partial charge in [-0.1, -0.05) is 11.3 Å². The number of amides is 1. The zero-order valence-corrected chi connectivity index (χ0v) is 17.4. The van der Waals surface area contributed by atoms with Crippen LogP contribution in [-0.2, 0) is 11.3 Å². The topological polar surface area (TPSA) is 74.4 Å².